The molecule has 0 N–H and O–H groups in total. The number of pyridine rings is 2. The zero-order valence-corrected chi connectivity index (χ0v) is 15.0. The second kappa shape index (κ2) is 7.37. The normalized spacial score (nSPS) is 10.9. The van der Waals surface area contributed by atoms with Crippen LogP contribution in [0.2, 0.25) is 0 Å². The summed E-state index contributed by atoms with van der Waals surface area (Å²) in [4.78, 5) is 22.9. The molecule has 6 heteroatoms. The highest BCUT2D eigenvalue weighted by Crippen LogP contribution is 2.16. The minimum absolute atomic E-state index is 0.0722. The molecule has 134 valence electrons. The molecule has 3 aromatic heterocycles. The fraction of sp³-hybridized carbons (Fsp3) is 0.143. The van der Waals surface area contributed by atoms with E-state index in [1.165, 1.54) is 0 Å². The van der Waals surface area contributed by atoms with Gasteiger partial charge in [-0.2, -0.15) is 5.10 Å². The molecule has 0 saturated carbocycles. The Balaban J connectivity index is 1.54. The van der Waals surface area contributed by atoms with Crippen molar-refractivity contribution in [2.75, 3.05) is 7.05 Å². The van der Waals surface area contributed by atoms with Gasteiger partial charge in [-0.05, 0) is 29.3 Å². The highest BCUT2D eigenvalue weighted by atomic mass is 16.2. The first-order chi connectivity index (χ1) is 13.2. The number of hydrogen-bond acceptors (Lipinski definition) is 4. The summed E-state index contributed by atoms with van der Waals surface area (Å²) in [7, 11) is 1.78. The molecule has 6 nitrogen and oxygen atoms in total. The molecule has 1 aromatic carbocycles. The van der Waals surface area contributed by atoms with Crippen molar-refractivity contribution in [1.29, 1.82) is 0 Å². The minimum Gasteiger partial charge on any atom is -0.337 e. The molecule has 0 atom stereocenters. The number of benzene rings is 1. The second-order valence-corrected chi connectivity index (χ2v) is 6.44. The average Bonchev–Trinajstić information content (AvgIpc) is 3.11. The Hall–Kier alpha value is -3.54. The number of amides is 1. The summed E-state index contributed by atoms with van der Waals surface area (Å²) in [5.74, 6) is -0.0722. The summed E-state index contributed by atoms with van der Waals surface area (Å²) in [6, 6.07) is 15.8. The largest absolute Gasteiger partial charge is 0.337 e. The average molecular weight is 357 g/mol. The maximum atomic E-state index is 12.7. The molecule has 0 aliphatic rings. The van der Waals surface area contributed by atoms with Crippen LogP contribution in [0.25, 0.3) is 11.0 Å². The van der Waals surface area contributed by atoms with Gasteiger partial charge >= 0.3 is 0 Å². The van der Waals surface area contributed by atoms with E-state index in [-0.39, 0.29) is 5.91 Å². The first kappa shape index (κ1) is 16.9. The lowest BCUT2D eigenvalue weighted by atomic mass is 10.2. The second-order valence-electron chi connectivity index (χ2n) is 6.44. The summed E-state index contributed by atoms with van der Waals surface area (Å²) in [5, 5.41) is 5.28. The zero-order valence-electron chi connectivity index (χ0n) is 15.0. The Morgan fingerprint density at radius 2 is 1.81 bits per heavy atom. The van der Waals surface area contributed by atoms with Gasteiger partial charge in [-0.3, -0.25) is 9.78 Å². The molecule has 0 fully saturated rings. The van der Waals surface area contributed by atoms with Crippen LogP contribution >= 0.6 is 0 Å². The molecule has 0 spiro atoms. The van der Waals surface area contributed by atoms with Crippen molar-refractivity contribution in [2.45, 2.75) is 13.1 Å². The molecule has 0 aliphatic heterocycles. The third-order valence-corrected chi connectivity index (χ3v) is 4.41. The summed E-state index contributed by atoms with van der Waals surface area (Å²) in [6.07, 6.45) is 6.83. The number of carbonyl (C=O) groups excluding carboxylic acids is 1. The predicted octanol–water partition coefficient (Wildman–Crippen LogP) is 3.15. The topological polar surface area (TPSA) is 63.9 Å². The number of rotatable bonds is 5. The highest BCUT2D eigenvalue weighted by Gasteiger charge is 2.15. The molecule has 3 heterocycles. The smallest absolute Gasteiger partial charge is 0.255 e. The Kier molecular flexibility index (Phi) is 4.61. The minimum atomic E-state index is -0.0722. The Labute approximate surface area is 157 Å². The zero-order chi connectivity index (χ0) is 18.6. The molecule has 0 saturated heterocycles. The number of aromatic nitrogens is 4. The molecule has 4 rings (SSSR count). The van der Waals surface area contributed by atoms with E-state index in [4.69, 9.17) is 0 Å². The third kappa shape index (κ3) is 3.69. The van der Waals surface area contributed by atoms with E-state index in [1.54, 1.807) is 36.7 Å². The SMILES string of the molecule is CN(Cc1ccncc1)C(=O)c1cnc2c(cnn2Cc2ccccc2)c1. The van der Waals surface area contributed by atoms with Crippen molar-refractivity contribution in [3.8, 4) is 0 Å². The highest BCUT2D eigenvalue weighted by molar-refractivity contribution is 5.96. The Bertz CT molecular complexity index is 1060. The van der Waals surface area contributed by atoms with Gasteiger partial charge in [-0.15, -0.1) is 0 Å². The summed E-state index contributed by atoms with van der Waals surface area (Å²) in [5.41, 5.74) is 3.51. The van der Waals surface area contributed by atoms with Crippen molar-refractivity contribution in [3.05, 3.63) is 90.0 Å². The van der Waals surface area contributed by atoms with Gasteiger partial charge in [0.15, 0.2) is 5.65 Å². The van der Waals surface area contributed by atoms with Crippen molar-refractivity contribution in [2.24, 2.45) is 0 Å². The van der Waals surface area contributed by atoms with Gasteiger partial charge in [0.1, 0.15) is 0 Å². The van der Waals surface area contributed by atoms with Gasteiger partial charge in [0, 0.05) is 37.6 Å². The number of nitrogens with zero attached hydrogens (tertiary/aromatic N) is 5. The third-order valence-electron chi connectivity index (χ3n) is 4.41. The maximum absolute atomic E-state index is 12.7. The molecule has 0 radical (unpaired) electrons. The molecule has 4 aromatic rings. The van der Waals surface area contributed by atoms with Crippen LogP contribution in [0.5, 0.6) is 0 Å². The van der Waals surface area contributed by atoms with Gasteiger partial charge in [0.05, 0.1) is 18.3 Å². The predicted molar refractivity (Wildman–Crippen MR) is 103 cm³/mol. The number of carbonyl (C=O) groups is 1. The molecular formula is C21H19N5O. The van der Waals surface area contributed by atoms with Gasteiger partial charge in [0.2, 0.25) is 0 Å². The Morgan fingerprint density at radius 3 is 2.59 bits per heavy atom. The lowest BCUT2D eigenvalue weighted by Crippen LogP contribution is -2.26. The van der Waals surface area contributed by atoms with E-state index < -0.39 is 0 Å². The van der Waals surface area contributed by atoms with E-state index >= 15 is 0 Å². The summed E-state index contributed by atoms with van der Waals surface area (Å²) >= 11 is 0. The van der Waals surface area contributed by atoms with Crippen LogP contribution < -0.4 is 0 Å². The van der Waals surface area contributed by atoms with Crippen LogP contribution in [-0.2, 0) is 13.1 Å². The van der Waals surface area contributed by atoms with E-state index in [0.717, 1.165) is 22.2 Å². The molecule has 1 amide bonds. The van der Waals surface area contributed by atoms with Crippen molar-refractivity contribution >= 4 is 16.9 Å². The summed E-state index contributed by atoms with van der Waals surface area (Å²) < 4.78 is 1.85. The Morgan fingerprint density at radius 1 is 1.04 bits per heavy atom. The first-order valence-electron chi connectivity index (χ1n) is 8.70. The van der Waals surface area contributed by atoms with Gasteiger partial charge in [-0.1, -0.05) is 30.3 Å². The molecule has 0 unspecified atom stereocenters. The van der Waals surface area contributed by atoms with E-state index in [1.807, 2.05) is 41.1 Å². The quantitative estimate of drug-likeness (QED) is 0.550. The van der Waals surface area contributed by atoms with Crippen LogP contribution in [0, 0.1) is 0 Å². The molecule has 27 heavy (non-hydrogen) atoms. The number of fused-ring (bicyclic) bond motifs is 1. The lowest BCUT2D eigenvalue weighted by molar-refractivity contribution is 0.0785. The lowest BCUT2D eigenvalue weighted by Gasteiger charge is -2.17. The van der Waals surface area contributed by atoms with Gasteiger partial charge < -0.3 is 4.90 Å². The van der Waals surface area contributed by atoms with E-state index in [2.05, 4.69) is 27.2 Å². The monoisotopic (exact) mass is 357 g/mol. The van der Waals surface area contributed by atoms with Gasteiger partial charge in [0.25, 0.3) is 5.91 Å². The first-order valence-corrected chi connectivity index (χ1v) is 8.70. The molecular weight excluding hydrogens is 338 g/mol. The van der Waals surface area contributed by atoms with Crippen LogP contribution in [0.4, 0.5) is 0 Å². The standard InChI is InChI=1S/C21H19N5O/c1-25(14-17-7-9-22-10-8-17)21(27)19-11-18-13-24-26(20(18)23-12-19)15-16-5-3-2-4-6-16/h2-13H,14-15H2,1H3. The van der Waals surface area contributed by atoms with Crippen LogP contribution in [0.15, 0.2) is 73.3 Å². The fourth-order valence-corrected chi connectivity index (χ4v) is 3.02. The molecule has 0 bridgehead atoms. The van der Waals surface area contributed by atoms with Crippen LogP contribution in [0.1, 0.15) is 21.5 Å². The fourth-order valence-electron chi connectivity index (χ4n) is 3.02. The van der Waals surface area contributed by atoms with E-state index in [0.29, 0.717) is 18.7 Å². The number of hydrogen-bond donors (Lipinski definition) is 0. The maximum Gasteiger partial charge on any atom is 0.255 e. The van der Waals surface area contributed by atoms with Crippen molar-refractivity contribution < 1.29 is 4.79 Å². The van der Waals surface area contributed by atoms with Crippen molar-refractivity contribution in [3.63, 3.8) is 0 Å². The molecule has 0 aliphatic carbocycles. The summed E-state index contributed by atoms with van der Waals surface area (Å²) in [6.45, 7) is 1.17. The van der Waals surface area contributed by atoms with Crippen LogP contribution in [-0.4, -0.2) is 37.6 Å². The van der Waals surface area contributed by atoms with Crippen molar-refractivity contribution in [1.82, 2.24) is 24.6 Å². The van der Waals surface area contributed by atoms with Gasteiger partial charge in [-0.25, -0.2) is 9.67 Å². The van der Waals surface area contributed by atoms with E-state index in [9.17, 15) is 4.79 Å². The van der Waals surface area contributed by atoms with Crippen LogP contribution in [0.3, 0.4) is 0 Å².